The largest absolute Gasteiger partial charge is 0.453 e. The second-order valence-corrected chi connectivity index (χ2v) is 4.39. The Bertz CT molecular complexity index is 509. The van der Waals surface area contributed by atoms with Gasteiger partial charge in [-0.3, -0.25) is 9.59 Å². The number of hydrogen-bond donors (Lipinski definition) is 1. The lowest BCUT2D eigenvalue weighted by Crippen LogP contribution is -2.26. The lowest BCUT2D eigenvalue weighted by Gasteiger charge is -2.12. The van der Waals surface area contributed by atoms with E-state index in [2.05, 4.69) is 5.32 Å². The lowest BCUT2D eigenvalue weighted by atomic mass is 10.1. The molecule has 0 aliphatic carbocycles. The molecule has 1 N–H and O–H groups in total. The molecule has 114 valence electrons. The highest BCUT2D eigenvalue weighted by atomic mass is 16.6. The predicted octanol–water partition coefficient (Wildman–Crippen LogP) is 1.80. The van der Waals surface area contributed by atoms with E-state index in [9.17, 15) is 14.4 Å². The van der Waals surface area contributed by atoms with Crippen LogP contribution in [0.5, 0.6) is 0 Å². The fraction of sp³-hybridized carbons (Fsp3) is 0.400. The number of nitrogens with one attached hydrogen (secondary N) is 1. The summed E-state index contributed by atoms with van der Waals surface area (Å²) in [5.74, 6) is -1.07. The Kier molecular flexibility index (Phi) is 6.55. The first kappa shape index (κ1) is 16.8. The lowest BCUT2D eigenvalue weighted by molar-refractivity contribution is -0.151. The van der Waals surface area contributed by atoms with Crippen molar-refractivity contribution in [2.75, 3.05) is 18.5 Å². The number of esters is 1. The molecule has 0 saturated carbocycles. The zero-order chi connectivity index (χ0) is 15.8. The van der Waals surface area contributed by atoms with Crippen LogP contribution in [0, 0.1) is 0 Å². The Hall–Kier alpha value is -2.21. The number of hydrogen-bond acceptors (Lipinski definition) is 5. The minimum atomic E-state index is -0.885. The van der Waals surface area contributed by atoms with Gasteiger partial charge in [0.15, 0.2) is 6.10 Å². The number of benzene rings is 1. The van der Waals surface area contributed by atoms with Crippen molar-refractivity contribution in [3.63, 3.8) is 0 Å². The first-order valence-electron chi connectivity index (χ1n) is 6.63. The number of ketones is 1. The molecule has 6 nitrogen and oxygen atoms in total. The molecule has 0 radical (unpaired) electrons. The summed E-state index contributed by atoms with van der Waals surface area (Å²) < 4.78 is 9.89. The van der Waals surface area contributed by atoms with Gasteiger partial charge in [-0.25, -0.2) is 4.79 Å². The van der Waals surface area contributed by atoms with E-state index in [1.165, 1.54) is 13.8 Å². The molecule has 1 atom stereocenters. The smallest absolute Gasteiger partial charge is 0.332 e. The molecule has 1 unspecified atom stereocenters. The van der Waals surface area contributed by atoms with Crippen molar-refractivity contribution in [3.8, 4) is 0 Å². The van der Waals surface area contributed by atoms with E-state index in [-0.39, 0.29) is 18.3 Å². The topological polar surface area (TPSA) is 81.7 Å². The third-order valence-electron chi connectivity index (χ3n) is 2.59. The van der Waals surface area contributed by atoms with Crippen LogP contribution >= 0.6 is 0 Å². The van der Waals surface area contributed by atoms with Gasteiger partial charge >= 0.3 is 5.97 Å². The standard InChI is InChI=1S/C15H19NO5/c1-4-20-9-14(18)21-10(2)15(19)12-5-7-13(8-6-12)16-11(3)17/h5-8,10H,4,9H2,1-3H3,(H,16,17). The molecule has 1 aromatic rings. The van der Waals surface area contributed by atoms with Gasteiger partial charge in [-0.2, -0.15) is 0 Å². The molecule has 6 heteroatoms. The molecule has 0 fully saturated rings. The summed E-state index contributed by atoms with van der Waals surface area (Å²) in [6.45, 7) is 4.91. The molecule has 1 amide bonds. The molecule has 0 aromatic heterocycles. The Morgan fingerprint density at radius 3 is 2.33 bits per heavy atom. The third kappa shape index (κ3) is 5.74. The molecule has 1 aromatic carbocycles. The molecule has 0 aliphatic rings. The summed E-state index contributed by atoms with van der Waals surface area (Å²) in [7, 11) is 0. The van der Waals surface area contributed by atoms with Gasteiger partial charge in [0.05, 0.1) is 0 Å². The van der Waals surface area contributed by atoms with E-state index in [0.29, 0.717) is 17.9 Å². The van der Waals surface area contributed by atoms with E-state index in [1.54, 1.807) is 31.2 Å². The van der Waals surface area contributed by atoms with E-state index in [1.807, 2.05) is 0 Å². The Balaban J connectivity index is 2.61. The maximum Gasteiger partial charge on any atom is 0.332 e. The van der Waals surface area contributed by atoms with Crippen molar-refractivity contribution >= 4 is 23.3 Å². The molecule has 0 saturated heterocycles. The quantitative estimate of drug-likeness (QED) is 0.612. The summed E-state index contributed by atoms with van der Waals surface area (Å²) >= 11 is 0. The number of Topliss-reactive ketones (excluding diaryl/α,β-unsaturated/α-hetero) is 1. The van der Waals surface area contributed by atoms with Crippen LogP contribution in [0.3, 0.4) is 0 Å². The van der Waals surface area contributed by atoms with Crippen LogP contribution in [0.15, 0.2) is 24.3 Å². The highest BCUT2D eigenvalue weighted by molar-refractivity contribution is 6.00. The van der Waals surface area contributed by atoms with Crippen molar-refractivity contribution < 1.29 is 23.9 Å². The number of carbonyl (C=O) groups is 3. The molecule has 1 rings (SSSR count). The van der Waals surface area contributed by atoms with Crippen LogP contribution < -0.4 is 5.32 Å². The predicted molar refractivity (Wildman–Crippen MR) is 77.1 cm³/mol. The minimum Gasteiger partial charge on any atom is -0.453 e. The average Bonchev–Trinajstić information content (AvgIpc) is 2.44. The fourth-order valence-electron chi connectivity index (χ4n) is 1.63. The van der Waals surface area contributed by atoms with E-state index >= 15 is 0 Å². The summed E-state index contributed by atoms with van der Waals surface area (Å²) in [5, 5.41) is 2.60. The monoisotopic (exact) mass is 293 g/mol. The number of ether oxygens (including phenoxy) is 2. The molecule has 0 aliphatic heterocycles. The van der Waals surface area contributed by atoms with Crippen LogP contribution in [0.1, 0.15) is 31.1 Å². The van der Waals surface area contributed by atoms with E-state index < -0.39 is 12.1 Å². The Morgan fingerprint density at radius 2 is 1.81 bits per heavy atom. The Labute approximate surface area is 123 Å². The van der Waals surface area contributed by atoms with Crippen molar-refractivity contribution in [1.29, 1.82) is 0 Å². The van der Waals surface area contributed by atoms with Gasteiger partial charge in [0, 0.05) is 24.8 Å². The van der Waals surface area contributed by atoms with Gasteiger partial charge in [-0.15, -0.1) is 0 Å². The van der Waals surface area contributed by atoms with Crippen LogP contribution in [0.25, 0.3) is 0 Å². The molecule has 0 bridgehead atoms. The fourth-order valence-corrected chi connectivity index (χ4v) is 1.63. The second kappa shape index (κ2) is 8.16. The van der Waals surface area contributed by atoms with Crippen molar-refractivity contribution in [1.82, 2.24) is 0 Å². The van der Waals surface area contributed by atoms with Crippen molar-refractivity contribution in [2.24, 2.45) is 0 Å². The summed E-state index contributed by atoms with van der Waals surface area (Å²) in [6.07, 6.45) is -0.885. The second-order valence-electron chi connectivity index (χ2n) is 4.39. The number of rotatable bonds is 7. The zero-order valence-corrected chi connectivity index (χ0v) is 12.3. The van der Waals surface area contributed by atoms with Gasteiger partial charge in [0.25, 0.3) is 0 Å². The highest BCUT2D eigenvalue weighted by Gasteiger charge is 2.19. The maximum absolute atomic E-state index is 12.1. The molecule has 21 heavy (non-hydrogen) atoms. The third-order valence-corrected chi connectivity index (χ3v) is 2.59. The first-order valence-corrected chi connectivity index (χ1v) is 6.63. The number of amides is 1. The SMILES string of the molecule is CCOCC(=O)OC(C)C(=O)c1ccc(NC(C)=O)cc1. The molecular weight excluding hydrogens is 274 g/mol. The molecule has 0 spiro atoms. The van der Waals surface area contributed by atoms with Gasteiger partial charge < -0.3 is 14.8 Å². The first-order chi connectivity index (χ1) is 9.93. The number of anilines is 1. The van der Waals surface area contributed by atoms with Gasteiger partial charge in [-0.1, -0.05) is 0 Å². The Morgan fingerprint density at radius 1 is 1.19 bits per heavy atom. The summed E-state index contributed by atoms with van der Waals surface area (Å²) in [6, 6.07) is 6.37. The van der Waals surface area contributed by atoms with Crippen LogP contribution in [-0.2, 0) is 19.1 Å². The van der Waals surface area contributed by atoms with Crippen LogP contribution in [-0.4, -0.2) is 37.0 Å². The highest BCUT2D eigenvalue weighted by Crippen LogP contribution is 2.12. The van der Waals surface area contributed by atoms with Crippen LogP contribution in [0.2, 0.25) is 0 Å². The molecule has 0 heterocycles. The maximum atomic E-state index is 12.1. The van der Waals surface area contributed by atoms with Crippen molar-refractivity contribution in [2.45, 2.75) is 26.9 Å². The average molecular weight is 293 g/mol. The van der Waals surface area contributed by atoms with Gasteiger partial charge in [-0.05, 0) is 38.1 Å². The summed E-state index contributed by atoms with van der Waals surface area (Å²) in [5.41, 5.74) is 1.00. The van der Waals surface area contributed by atoms with E-state index in [0.717, 1.165) is 0 Å². The van der Waals surface area contributed by atoms with Crippen molar-refractivity contribution in [3.05, 3.63) is 29.8 Å². The zero-order valence-electron chi connectivity index (χ0n) is 12.3. The number of carbonyl (C=O) groups excluding carboxylic acids is 3. The normalized spacial score (nSPS) is 11.6. The van der Waals surface area contributed by atoms with Crippen LogP contribution in [0.4, 0.5) is 5.69 Å². The summed E-state index contributed by atoms with van der Waals surface area (Å²) in [4.78, 5) is 34.4. The van der Waals surface area contributed by atoms with E-state index in [4.69, 9.17) is 9.47 Å². The van der Waals surface area contributed by atoms with Gasteiger partial charge in [0.1, 0.15) is 6.61 Å². The minimum absolute atomic E-state index is 0.171. The molecular formula is C15H19NO5. The van der Waals surface area contributed by atoms with Gasteiger partial charge in [0.2, 0.25) is 11.7 Å².